The molecule has 1 atom stereocenters. The second-order valence-corrected chi connectivity index (χ2v) is 12.5. The van der Waals surface area contributed by atoms with E-state index < -0.39 is 17.8 Å². The molecule has 2 aliphatic rings. The Balaban J connectivity index is 1.000. The third kappa shape index (κ3) is 7.90. The predicted octanol–water partition coefficient (Wildman–Crippen LogP) is 3.30. The number of aryl methyl sites for hydroxylation is 3. The molecule has 6 rings (SSSR count). The molecular formula is C35H40N10O8. The monoisotopic (exact) mass is 728 g/mol. The zero-order valence-corrected chi connectivity index (χ0v) is 30.0. The Morgan fingerprint density at radius 1 is 0.887 bits per heavy atom. The molecule has 4 aromatic rings. The molecule has 53 heavy (non-hydrogen) atoms. The van der Waals surface area contributed by atoms with E-state index in [0.29, 0.717) is 41.4 Å². The lowest BCUT2D eigenvalue weighted by Crippen LogP contribution is -2.35. The fraction of sp³-hybridized carbons (Fsp3) is 0.371. The molecule has 0 bridgehead atoms. The van der Waals surface area contributed by atoms with Crippen LogP contribution in [0, 0.1) is 0 Å². The summed E-state index contributed by atoms with van der Waals surface area (Å²) in [7, 11) is 6.35. The predicted molar refractivity (Wildman–Crippen MR) is 192 cm³/mol. The van der Waals surface area contributed by atoms with Gasteiger partial charge in [-0.2, -0.15) is 0 Å². The topological polar surface area (TPSA) is 205 Å². The van der Waals surface area contributed by atoms with Crippen molar-refractivity contribution in [3.8, 4) is 11.5 Å². The molecule has 5 heterocycles. The Hall–Kier alpha value is -6.46. The lowest BCUT2D eigenvalue weighted by Gasteiger charge is -2.20. The number of rotatable bonds is 13. The van der Waals surface area contributed by atoms with Crippen LogP contribution in [0.15, 0.2) is 41.8 Å². The van der Waals surface area contributed by atoms with Gasteiger partial charge in [0.25, 0.3) is 17.7 Å². The highest BCUT2D eigenvalue weighted by atomic mass is 16.5. The van der Waals surface area contributed by atoms with Gasteiger partial charge in [0.15, 0.2) is 23.1 Å². The smallest absolute Gasteiger partial charge is 0.374 e. The van der Waals surface area contributed by atoms with Gasteiger partial charge in [-0.1, -0.05) is 0 Å². The van der Waals surface area contributed by atoms with Crippen LogP contribution >= 0.6 is 0 Å². The van der Waals surface area contributed by atoms with E-state index in [9.17, 15) is 24.0 Å². The van der Waals surface area contributed by atoms with E-state index >= 15 is 0 Å². The van der Waals surface area contributed by atoms with Crippen LogP contribution in [-0.4, -0.2) is 97.3 Å². The first kappa shape index (κ1) is 36.3. The SMILES string of the molecule is CCOC(=O)c1nc(NC(=O)c2cc(NC(=O)c3nc(NC(=O)CCCOc4cc5c(cc4OC)C(=O)N4CCC[C@H]4C=N5)cn3C)cn2C)cn1C. The van der Waals surface area contributed by atoms with E-state index in [4.69, 9.17) is 14.2 Å². The Morgan fingerprint density at radius 2 is 1.62 bits per heavy atom. The number of hydrogen-bond donors (Lipinski definition) is 3. The minimum absolute atomic E-state index is 0.0130. The van der Waals surface area contributed by atoms with E-state index in [-0.39, 0.29) is 66.5 Å². The molecule has 3 aromatic heterocycles. The van der Waals surface area contributed by atoms with Crippen molar-refractivity contribution >= 4 is 58.8 Å². The maximum absolute atomic E-state index is 13.1. The number of methoxy groups -OCH3 is 1. The summed E-state index contributed by atoms with van der Waals surface area (Å²) < 4.78 is 20.8. The van der Waals surface area contributed by atoms with Gasteiger partial charge in [0, 0.05) is 65.0 Å². The number of esters is 1. The van der Waals surface area contributed by atoms with Crippen molar-refractivity contribution in [2.45, 2.75) is 38.6 Å². The highest BCUT2D eigenvalue weighted by molar-refractivity contribution is 6.06. The number of imidazole rings is 2. The number of aliphatic imine (C=N–C) groups is 1. The summed E-state index contributed by atoms with van der Waals surface area (Å²) in [4.78, 5) is 78.8. The molecule has 18 heteroatoms. The summed E-state index contributed by atoms with van der Waals surface area (Å²) in [5.74, 6) is -0.887. The van der Waals surface area contributed by atoms with Crippen molar-refractivity contribution in [2.75, 3.05) is 42.8 Å². The highest BCUT2D eigenvalue weighted by Crippen LogP contribution is 2.38. The van der Waals surface area contributed by atoms with Crippen LogP contribution in [-0.2, 0) is 30.7 Å². The van der Waals surface area contributed by atoms with Crippen LogP contribution in [0.25, 0.3) is 0 Å². The summed E-state index contributed by atoms with van der Waals surface area (Å²) in [6, 6.07) is 4.80. The molecule has 278 valence electrons. The second-order valence-electron chi connectivity index (χ2n) is 12.5. The molecule has 1 fully saturated rings. The first-order valence-corrected chi connectivity index (χ1v) is 17.0. The van der Waals surface area contributed by atoms with Crippen LogP contribution in [0.1, 0.15) is 74.7 Å². The summed E-state index contributed by atoms with van der Waals surface area (Å²) in [6.07, 6.45) is 8.65. The van der Waals surface area contributed by atoms with Gasteiger partial charge in [-0.3, -0.25) is 24.2 Å². The first-order valence-electron chi connectivity index (χ1n) is 17.0. The summed E-state index contributed by atoms with van der Waals surface area (Å²) in [5.41, 5.74) is 1.51. The van der Waals surface area contributed by atoms with Crippen molar-refractivity contribution < 1.29 is 38.2 Å². The average Bonchev–Trinajstić information content (AvgIpc) is 3.90. The zero-order valence-electron chi connectivity index (χ0n) is 30.0. The zero-order chi connectivity index (χ0) is 37.8. The highest BCUT2D eigenvalue weighted by Gasteiger charge is 2.32. The van der Waals surface area contributed by atoms with Gasteiger partial charge in [-0.15, -0.1) is 0 Å². The number of aromatic nitrogens is 5. The third-order valence-electron chi connectivity index (χ3n) is 8.68. The average molecular weight is 729 g/mol. The molecule has 3 N–H and O–H groups in total. The molecule has 0 spiro atoms. The standard InChI is InChI=1S/C35H40N10O8/c1-6-52-35(50)31-40-28(19-44(31)4)41-32(47)24-13-20(17-42(24)2)37-33(48)30-39-27(18-43(30)3)38-29(46)10-8-12-53-26-15-23-22(14-25(26)51-5)34(49)45-11-7-9-21(45)16-36-23/h13-19,21H,6-12H2,1-5H3,(H,37,48)(H,38,46)(H,41,47)/t21-/m0/s1. The van der Waals surface area contributed by atoms with Crippen LogP contribution < -0.4 is 25.4 Å². The number of hydrogen-bond acceptors (Lipinski definition) is 11. The molecule has 0 aliphatic carbocycles. The molecule has 0 saturated carbocycles. The molecule has 1 aromatic carbocycles. The van der Waals surface area contributed by atoms with Gasteiger partial charge in [-0.05, 0) is 38.3 Å². The second kappa shape index (κ2) is 15.4. The number of ether oxygens (including phenoxy) is 3. The Labute approximate surface area is 304 Å². The third-order valence-corrected chi connectivity index (χ3v) is 8.68. The van der Waals surface area contributed by atoms with Crippen molar-refractivity contribution in [1.29, 1.82) is 0 Å². The van der Waals surface area contributed by atoms with E-state index in [1.165, 1.54) is 39.3 Å². The van der Waals surface area contributed by atoms with E-state index in [2.05, 4.69) is 30.9 Å². The molecule has 18 nitrogen and oxygen atoms in total. The van der Waals surface area contributed by atoms with E-state index in [1.807, 2.05) is 4.90 Å². The number of carbonyl (C=O) groups excluding carboxylic acids is 5. The summed E-state index contributed by atoms with van der Waals surface area (Å²) >= 11 is 0. The van der Waals surface area contributed by atoms with Gasteiger partial charge >= 0.3 is 5.97 Å². The normalized spacial score (nSPS) is 14.6. The van der Waals surface area contributed by atoms with Crippen LogP contribution in [0.2, 0.25) is 0 Å². The molecule has 4 amide bonds. The van der Waals surface area contributed by atoms with Crippen molar-refractivity contribution in [2.24, 2.45) is 26.1 Å². The fourth-order valence-electron chi connectivity index (χ4n) is 6.12. The molecule has 0 radical (unpaired) electrons. The minimum Gasteiger partial charge on any atom is -0.493 e. The maximum atomic E-state index is 13.1. The maximum Gasteiger partial charge on any atom is 0.374 e. The number of nitrogens with one attached hydrogen (secondary N) is 3. The van der Waals surface area contributed by atoms with Crippen molar-refractivity contribution in [3.05, 3.63) is 59.7 Å². The number of fused-ring (bicyclic) bond motifs is 2. The van der Waals surface area contributed by atoms with Gasteiger partial charge in [0.1, 0.15) is 5.69 Å². The van der Waals surface area contributed by atoms with Gasteiger partial charge in [-0.25, -0.2) is 14.8 Å². The number of amides is 4. The van der Waals surface area contributed by atoms with Crippen molar-refractivity contribution in [1.82, 2.24) is 28.6 Å². The lowest BCUT2D eigenvalue weighted by atomic mass is 10.1. The minimum atomic E-state index is -0.614. The molecule has 2 aliphatic heterocycles. The summed E-state index contributed by atoms with van der Waals surface area (Å²) in [6.45, 7) is 2.75. The number of anilines is 3. The number of benzene rings is 1. The molecular weight excluding hydrogens is 688 g/mol. The van der Waals surface area contributed by atoms with Gasteiger partial charge in [0.05, 0.1) is 43.3 Å². The van der Waals surface area contributed by atoms with Gasteiger partial charge < -0.3 is 48.8 Å². The Bertz CT molecular complexity index is 2110. The number of nitrogens with zero attached hydrogens (tertiary/aromatic N) is 7. The quantitative estimate of drug-likeness (QED) is 0.135. The number of carbonyl (C=O) groups is 5. The van der Waals surface area contributed by atoms with Crippen LogP contribution in [0.5, 0.6) is 11.5 Å². The first-order chi connectivity index (χ1) is 25.4. The van der Waals surface area contributed by atoms with Crippen molar-refractivity contribution in [3.63, 3.8) is 0 Å². The largest absolute Gasteiger partial charge is 0.493 e. The van der Waals surface area contributed by atoms with Crippen LogP contribution in [0.4, 0.5) is 23.0 Å². The van der Waals surface area contributed by atoms with E-state index in [0.717, 1.165) is 12.8 Å². The lowest BCUT2D eigenvalue weighted by molar-refractivity contribution is -0.116. The van der Waals surface area contributed by atoms with E-state index in [1.54, 1.807) is 52.6 Å². The Kier molecular flexibility index (Phi) is 10.6. The Morgan fingerprint density at radius 3 is 2.38 bits per heavy atom. The fourth-order valence-corrected chi connectivity index (χ4v) is 6.12. The molecule has 0 unspecified atom stereocenters. The van der Waals surface area contributed by atoms with Gasteiger partial charge in [0.2, 0.25) is 17.6 Å². The summed E-state index contributed by atoms with van der Waals surface area (Å²) in [5, 5.41) is 8.06. The van der Waals surface area contributed by atoms with Crippen LogP contribution in [0.3, 0.4) is 0 Å². The molecule has 1 saturated heterocycles.